The molecule has 1 aromatic heterocycles. The molecule has 1 N–H and O–H groups in total. The Bertz CT molecular complexity index is 668. The van der Waals surface area contributed by atoms with Crippen molar-refractivity contribution < 1.29 is 14.6 Å². The van der Waals surface area contributed by atoms with Crippen molar-refractivity contribution in [2.24, 2.45) is 7.05 Å². The predicted octanol–water partition coefficient (Wildman–Crippen LogP) is 1.69. The van der Waals surface area contributed by atoms with Crippen molar-refractivity contribution in [2.75, 3.05) is 19.8 Å². The summed E-state index contributed by atoms with van der Waals surface area (Å²) in [5, 5.41) is 13.3. The standard InChI is InChI=1S/C16H19N3O3/c1-18-14(5-6-17-18)15-11-22-8-7-19(15)10-12-3-2-4-13(9-12)16(20)21/h2-6,9,15H,7-8,10-11H2,1H3,(H,20,21). The van der Waals surface area contributed by atoms with Crippen molar-refractivity contribution >= 4 is 5.97 Å². The molecule has 22 heavy (non-hydrogen) atoms. The van der Waals surface area contributed by atoms with E-state index in [9.17, 15) is 4.79 Å². The van der Waals surface area contributed by atoms with E-state index in [-0.39, 0.29) is 6.04 Å². The van der Waals surface area contributed by atoms with Gasteiger partial charge in [0.15, 0.2) is 0 Å². The number of morpholine rings is 1. The van der Waals surface area contributed by atoms with Crippen LogP contribution in [0, 0.1) is 0 Å². The number of hydrogen-bond acceptors (Lipinski definition) is 4. The van der Waals surface area contributed by atoms with Gasteiger partial charge >= 0.3 is 5.97 Å². The highest BCUT2D eigenvalue weighted by Crippen LogP contribution is 2.25. The molecule has 0 spiro atoms. The number of carbonyl (C=O) groups is 1. The molecular formula is C16H19N3O3. The fourth-order valence-electron chi connectivity index (χ4n) is 2.85. The summed E-state index contributed by atoms with van der Waals surface area (Å²) in [5.74, 6) is -0.896. The monoisotopic (exact) mass is 301 g/mol. The third-order valence-electron chi connectivity index (χ3n) is 4.00. The van der Waals surface area contributed by atoms with Gasteiger partial charge in [-0.3, -0.25) is 9.58 Å². The maximum atomic E-state index is 11.1. The van der Waals surface area contributed by atoms with Crippen LogP contribution in [0.1, 0.15) is 27.7 Å². The van der Waals surface area contributed by atoms with E-state index in [0.717, 1.165) is 17.8 Å². The molecule has 116 valence electrons. The lowest BCUT2D eigenvalue weighted by atomic mass is 10.1. The van der Waals surface area contributed by atoms with Gasteiger partial charge in [-0.1, -0.05) is 12.1 Å². The third kappa shape index (κ3) is 3.03. The summed E-state index contributed by atoms with van der Waals surface area (Å²) in [5.41, 5.74) is 2.42. The van der Waals surface area contributed by atoms with Gasteiger partial charge in [-0.2, -0.15) is 5.10 Å². The molecule has 0 bridgehead atoms. The highest BCUT2D eigenvalue weighted by molar-refractivity contribution is 5.87. The number of carboxylic acid groups (broad SMARTS) is 1. The summed E-state index contributed by atoms with van der Waals surface area (Å²) in [6.07, 6.45) is 1.78. The molecule has 0 aliphatic carbocycles. The second kappa shape index (κ2) is 6.29. The summed E-state index contributed by atoms with van der Waals surface area (Å²) in [4.78, 5) is 13.4. The molecule has 0 radical (unpaired) electrons. The molecule has 1 saturated heterocycles. The lowest BCUT2D eigenvalue weighted by Crippen LogP contribution is -2.39. The fraction of sp³-hybridized carbons (Fsp3) is 0.375. The Morgan fingerprint density at radius 2 is 2.32 bits per heavy atom. The number of benzene rings is 1. The van der Waals surface area contributed by atoms with Crippen LogP contribution in [-0.2, 0) is 18.3 Å². The maximum absolute atomic E-state index is 11.1. The van der Waals surface area contributed by atoms with Crippen molar-refractivity contribution in [2.45, 2.75) is 12.6 Å². The molecule has 1 atom stereocenters. The minimum Gasteiger partial charge on any atom is -0.478 e. The summed E-state index contributed by atoms with van der Waals surface area (Å²) >= 11 is 0. The second-order valence-corrected chi connectivity index (χ2v) is 5.45. The Morgan fingerprint density at radius 1 is 1.45 bits per heavy atom. The van der Waals surface area contributed by atoms with Gasteiger partial charge in [0.2, 0.25) is 0 Å². The van der Waals surface area contributed by atoms with Gasteiger partial charge in [0, 0.05) is 26.3 Å². The minimum atomic E-state index is -0.896. The van der Waals surface area contributed by atoms with E-state index >= 15 is 0 Å². The van der Waals surface area contributed by atoms with Gasteiger partial charge in [-0.25, -0.2) is 4.79 Å². The molecular weight excluding hydrogens is 282 g/mol. The molecule has 6 heteroatoms. The quantitative estimate of drug-likeness (QED) is 0.931. The Labute approximate surface area is 128 Å². The lowest BCUT2D eigenvalue weighted by Gasteiger charge is -2.35. The molecule has 1 aromatic carbocycles. The van der Waals surface area contributed by atoms with E-state index in [1.54, 1.807) is 24.4 Å². The first-order valence-electron chi connectivity index (χ1n) is 7.27. The molecule has 1 unspecified atom stereocenters. The Balaban J connectivity index is 1.81. The average molecular weight is 301 g/mol. The largest absolute Gasteiger partial charge is 0.478 e. The second-order valence-electron chi connectivity index (χ2n) is 5.45. The molecule has 2 aromatic rings. The molecule has 0 saturated carbocycles. The van der Waals surface area contributed by atoms with Crippen LogP contribution in [-0.4, -0.2) is 45.5 Å². The van der Waals surface area contributed by atoms with Crippen molar-refractivity contribution in [1.29, 1.82) is 0 Å². The van der Waals surface area contributed by atoms with E-state index in [1.807, 2.05) is 23.9 Å². The molecule has 1 aliphatic rings. The van der Waals surface area contributed by atoms with Crippen LogP contribution in [0.25, 0.3) is 0 Å². The summed E-state index contributed by atoms with van der Waals surface area (Å²) in [7, 11) is 1.92. The lowest BCUT2D eigenvalue weighted by molar-refractivity contribution is -0.0155. The summed E-state index contributed by atoms with van der Waals surface area (Å²) in [6.45, 7) is 2.82. The number of carboxylic acids is 1. The van der Waals surface area contributed by atoms with Crippen LogP contribution in [0.2, 0.25) is 0 Å². The number of aryl methyl sites for hydroxylation is 1. The van der Waals surface area contributed by atoms with Gasteiger partial charge in [-0.05, 0) is 23.8 Å². The fourth-order valence-corrected chi connectivity index (χ4v) is 2.85. The van der Waals surface area contributed by atoms with Gasteiger partial charge in [0.1, 0.15) is 0 Å². The number of hydrogen-bond donors (Lipinski definition) is 1. The van der Waals surface area contributed by atoms with Crippen LogP contribution in [0.5, 0.6) is 0 Å². The zero-order chi connectivity index (χ0) is 15.5. The number of rotatable bonds is 4. The highest BCUT2D eigenvalue weighted by atomic mass is 16.5. The number of aromatic carboxylic acids is 1. The minimum absolute atomic E-state index is 0.134. The first kappa shape index (κ1) is 14.7. The summed E-state index contributed by atoms with van der Waals surface area (Å²) in [6, 6.07) is 9.23. The SMILES string of the molecule is Cn1nccc1C1COCCN1Cc1cccc(C(=O)O)c1. The zero-order valence-corrected chi connectivity index (χ0v) is 12.5. The van der Waals surface area contributed by atoms with E-state index < -0.39 is 5.97 Å². The van der Waals surface area contributed by atoms with Gasteiger partial charge in [0.05, 0.1) is 30.5 Å². The summed E-state index contributed by atoms with van der Waals surface area (Å²) < 4.78 is 7.48. The zero-order valence-electron chi connectivity index (χ0n) is 12.5. The first-order chi connectivity index (χ1) is 10.6. The average Bonchev–Trinajstić information content (AvgIpc) is 2.94. The van der Waals surface area contributed by atoms with Gasteiger partial charge in [0.25, 0.3) is 0 Å². The van der Waals surface area contributed by atoms with Crippen molar-refractivity contribution in [3.63, 3.8) is 0 Å². The highest BCUT2D eigenvalue weighted by Gasteiger charge is 2.26. The number of nitrogens with zero attached hydrogens (tertiary/aromatic N) is 3. The molecule has 1 aliphatic heterocycles. The number of ether oxygens (including phenoxy) is 1. The van der Waals surface area contributed by atoms with Crippen LogP contribution in [0.4, 0.5) is 0 Å². The first-order valence-corrected chi connectivity index (χ1v) is 7.27. The van der Waals surface area contributed by atoms with Gasteiger partial charge in [-0.15, -0.1) is 0 Å². The van der Waals surface area contributed by atoms with E-state index in [2.05, 4.69) is 10.00 Å². The van der Waals surface area contributed by atoms with Crippen molar-refractivity contribution in [1.82, 2.24) is 14.7 Å². The topological polar surface area (TPSA) is 67.6 Å². The van der Waals surface area contributed by atoms with Crippen molar-refractivity contribution in [3.05, 3.63) is 53.3 Å². The molecule has 2 heterocycles. The van der Waals surface area contributed by atoms with Crippen LogP contribution >= 0.6 is 0 Å². The predicted molar refractivity (Wildman–Crippen MR) is 80.6 cm³/mol. The molecule has 0 amide bonds. The normalized spacial score (nSPS) is 19.2. The van der Waals surface area contributed by atoms with Crippen LogP contribution < -0.4 is 0 Å². The Morgan fingerprint density at radius 3 is 3.05 bits per heavy atom. The maximum Gasteiger partial charge on any atom is 0.335 e. The van der Waals surface area contributed by atoms with Crippen molar-refractivity contribution in [3.8, 4) is 0 Å². The smallest absolute Gasteiger partial charge is 0.335 e. The number of aromatic nitrogens is 2. The Kier molecular flexibility index (Phi) is 4.22. The van der Waals surface area contributed by atoms with E-state index in [1.165, 1.54) is 0 Å². The van der Waals surface area contributed by atoms with E-state index in [4.69, 9.17) is 9.84 Å². The van der Waals surface area contributed by atoms with Crippen LogP contribution in [0.15, 0.2) is 36.5 Å². The molecule has 1 fully saturated rings. The van der Waals surface area contributed by atoms with Gasteiger partial charge < -0.3 is 9.84 Å². The van der Waals surface area contributed by atoms with E-state index in [0.29, 0.717) is 25.3 Å². The third-order valence-corrected chi connectivity index (χ3v) is 4.00. The molecule has 6 nitrogen and oxygen atoms in total. The Hall–Kier alpha value is -2.18. The molecule has 3 rings (SSSR count). The van der Waals surface area contributed by atoms with Crippen LogP contribution in [0.3, 0.4) is 0 Å².